The number of H-pyrrole nitrogens is 1. The number of aryl methyl sites for hydroxylation is 2. The highest BCUT2D eigenvalue weighted by Gasteiger charge is 2.06. The summed E-state index contributed by atoms with van der Waals surface area (Å²) in [6.45, 7) is 4.02. The Balaban J connectivity index is 2.25. The van der Waals surface area contributed by atoms with Crippen molar-refractivity contribution in [2.24, 2.45) is 0 Å². The number of halogens is 1. The van der Waals surface area contributed by atoms with Crippen LogP contribution in [0, 0.1) is 25.2 Å². The standard InChI is InChI=1S/C12H11BrN6/c1-7-3-10(4-8(2)11(7)13)15-6-9(5-14)12-16-18-19-17-12/h3-4,6,15H,1-2H3,(H,16,17,18,19). The maximum absolute atomic E-state index is 9.04. The number of nitrogens with zero attached hydrogens (tertiary/aromatic N) is 4. The van der Waals surface area contributed by atoms with E-state index in [-0.39, 0.29) is 5.82 Å². The highest BCUT2D eigenvalue weighted by Crippen LogP contribution is 2.25. The molecule has 2 rings (SSSR count). The molecule has 1 aromatic carbocycles. The zero-order chi connectivity index (χ0) is 13.8. The first-order chi connectivity index (χ1) is 9.11. The van der Waals surface area contributed by atoms with Gasteiger partial charge in [0.1, 0.15) is 11.6 Å². The number of anilines is 1. The van der Waals surface area contributed by atoms with E-state index in [1.807, 2.05) is 32.0 Å². The molecular formula is C12H11BrN6. The van der Waals surface area contributed by atoms with Crippen LogP contribution < -0.4 is 5.32 Å². The van der Waals surface area contributed by atoms with Crippen LogP contribution in [0.4, 0.5) is 5.69 Å². The van der Waals surface area contributed by atoms with Gasteiger partial charge in [0.25, 0.3) is 0 Å². The van der Waals surface area contributed by atoms with Crippen molar-refractivity contribution in [2.45, 2.75) is 13.8 Å². The zero-order valence-corrected chi connectivity index (χ0v) is 12.0. The predicted octanol–water partition coefficient (Wildman–Crippen LogP) is 2.56. The predicted molar refractivity (Wildman–Crippen MR) is 75.0 cm³/mol. The smallest absolute Gasteiger partial charge is 0.216 e. The molecule has 0 aliphatic carbocycles. The quantitative estimate of drug-likeness (QED) is 0.849. The van der Waals surface area contributed by atoms with Crippen molar-refractivity contribution in [1.29, 1.82) is 5.26 Å². The van der Waals surface area contributed by atoms with Gasteiger partial charge in [-0.05, 0) is 42.3 Å². The van der Waals surface area contributed by atoms with E-state index in [1.165, 1.54) is 0 Å². The van der Waals surface area contributed by atoms with Crippen LogP contribution >= 0.6 is 15.9 Å². The van der Waals surface area contributed by atoms with E-state index in [2.05, 4.69) is 41.9 Å². The summed E-state index contributed by atoms with van der Waals surface area (Å²) in [6, 6.07) is 5.99. The van der Waals surface area contributed by atoms with Crippen LogP contribution in [0.15, 0.2) is 22.8 Å². The Labute approximate surface area is 118 Å². The van der Waals surface area contributed by atoms with Gasteiger partial charge >= 0.3 is 0 Å². The fourth-order valence-electron chi connectivity index (χ4n) is 1.61. The van der Waals surface area contributed by atoms with Gasteiger partial charge in [-0.1, -0.05) is 15.9 Å². The van der Waals surface area contributed by atoms with Crippen molar-refractivity contribution >= 4 is 27.2 Å². The molecule has 2 N–H and O–H groups in total. The number of hydrogen-bond acceptors (Lipinski definition) is 5. The van der Waals surface area contributed by atoms with Crippen LogP contribution in [-0.2, 0) is 0 Å². The van der Waals surface area contributed by atoms with E-state index in [0.717, 1.165) is 21.3 Å². The summed E-state index contributed by atoms with van der Waals surface area (Å²) < 4.78 is 1.08. The molecule has 0 aliphatic heterocycles. The Bertz CT molecular complexity index is 630. The van der Waals surface area contributed by atoms with Gasteiger partial charge in [0.15, 0.2) is 0 Å². The molecule has 0 saturated heterocycles. The maximum atomic E-state index is 9.04. The molecule has 1 aromatic heterocycles. The third-order valence-corrected chi connectivity index (χ3v) is 3.78. The largest absolute Gasteiger partial charge is 0.360 e. The van der Waals surface area contributed by atoms with Crippen molar-refractivity contribution in [3.63, 3.8) is 0 Å². The summed E-state index contributed by atoms with van der Waals surface area (Å²) in [5.41, 5.74) is 3.45. The third-order valence-electron chi connectivity index (χ3n) is 2.53. The van der Waals surface area contributed by atoms with E-state index in [0.29, 0.717) is 5.57 Å². The first-order valence-electron chi connectivity index (χ1n) is 5.49. The minimum Gasteiger partial charge on any atom is -0.360 e. The molecular weight excluding hydrogens is 308 g/mol. The second-order valence-corrected chi connectivity index (χ2v) is 4.77. The molecule has 96 valence electrons. The monoisotopic (exact) mass is 318 g/mol. The van der Waals surface area contributed by atoms with E-state index in [1.54, 1.807) is 6.20 Å². The molecule has 6 nitrogen and oxygen atoms in total. The average molecular weight is 319 g/mol. The summed E-state index contributed by atoms with van der Waals surface area (Å²) >= 11 is 3.51. The number of benzene rings is 1. The fourth-order valence-corrected chi connectivity index (χ4v) is 1.84. The average Bonchev–Trinajstić information content (AvgIpc) is 2.90. The number of aromatic amines is 1. The molecule has 19 heavy (non-hydrogen) atoms. The van der Waals surface area contributed by atoms with Crippen LogP contribution in [0.3, 0.4) is 0 Å². The molecule has 7 heteroatoms. The molecule has 0 saturated carbocycles. The van der Waals surface area contributed by atoms with E-state index < -0.39 is 0 Å². The molecule has 2 aromatic rings. The minimum absolute atomic E-state index is 0.264. The van der Waals surface area contributed by atoms with Crippen LogP contribution in [0.25, 0.3) is 5.57 Å². The van der Waals surface area contributed by atoms with Gasteiger partial charge in [-0.25, -0.2) is 0 Å². The Morgan fingerprint density at radius 1 is 1.42 bits per heavy atom. The molecule has 0 unspecified atom stereocenters. The summed E-state index contributed by atoms with van der Waals surface area (Å²) in [5, 5.41) is 25.4. The number of nitriles is 1. The van der Waals surface area contributed by atoms with E-state index >= 15 is 0 Å². The molecule has 0 radical (unpaired) electrons. The number of hydrogen-bond donors (Lipinski definition) is 2. The van der Waals surface area contributed by atoms with Crippen molar-refractivity contribution in [2.75, 3.05) is 5.32 Å². The summed E-state index contributed by atoms with van der Waals surface area (Å²) in [6.07, 6.45) is 1.56. The van der Waals surface area contributed by atoms with Crippen LogP contribution in [-0.4, -0.2) is 20.6 Å². The van der Waals surface area contributed by atoms with Crippen molar-refractivity contribution in [3.05, 3.63) is 39.8 Å². The highest BCUT2D eigenvalue weighted by atomic mass is 79.9. The molecule has 0 amide bonds. The fraction of sp³-hybridized carbons (Fsp3) is 0.167. The summed E-state index contributed by atoms with van der Waals surface area (Å²) in [4.78, 5) is 0. The topological polar surface area (TPSA) is 90.3 Å². The van der Waals surface area contributed by atoms with Crippen molar-refractivity contribution in [1.82, 2.24) is 20.6 Å². The summed E-state index contributed by atoms with van der Waals surface area (Å²) in [5.74, 6) is 0.264. The lowest BCUT2D eigenvalue weighted by molar-refractivity contribution is 0.881. The van der Waals surface area contributed by atoms with Crippen molar-refractivity contribution < 1.29 is 0 Å². The van der Waals surface area contributed by atoms with Gasteiger partial charge in [-0.2, -0.15) is 10.5 Å². The minimum atomic E-state index is 0.264. The number of tetrazole rings is 1. The molecule has 0 aliphatic rings. The van der Waals surface area contributed by atoms with Gasteiger partial charge in [0.05, 0.1) is 0 Å². The van der Waals surface area contributed by atoms with Gasteiger partial charge in [0, 0.05) is 16.4 Å². The Hall–Kier alpha value is -2.20. The van der Waals surface area contributed by atoms with Crippen LogP contribution in [0.1, 0.15) is 17.0 Å². The lowest BCUT2D eigenvalue weighted by Gasteiger charge is -2.07. The highest BCUT2D eigenvalue weighted by molar-refractivity contribution is 9.10. The second kappa shape index (κ2) is 5.63. The second-order valence-electron chi connectivity index (χ2n) is 3.97. The molecule has 0 fully saturated rings. The molecule has 1 heterocycles. The number of nitrogens with one attached hydrogen (secondary N) is 2. The molecule has 0 spiro atoms. The normalized spacial score (nSPS) is 11.2. The van der Waals surface area contributed by atoms with E-state index in [4.69, 9.17) is 5.26 Å². The first-order valence-corrected chi connectivity index (χ1v) is 6.28. The Kier molecular flexibility index (Phi) is 3.92. The van der Waals surface area contributed by atoms with Gasteiger partial charge < -0.3 is 5.32 Å². The van der Waals surface area contributed by atoms with Gasteiger partial charge in [0.2, 0.25) is 5.82 Å². The van der Waals surface area contributed by atoms with Crippen molar-refractivity contribution in [3.8, 4) is 6.07 Å². The lowest BCUT2D eigenvalue weighted by Crippen LogP contribution is -1.94. The molecule has 0 atom stereocenters. The van der Waals surface area contributed by atoms with Gasteiger partial charge in [-0.15, -0.1) is 10.2 Å². The Morgan fingerprint density at radius 2 is 2.11 bits per heavy atom. The van der Waals surface area contributed by atoms with E-state index in [9.17, 15) is 0 Å². The number of aromatic nitrogens is 4. The molecule has 0 bridgehead atoms. The lowest BCUT2D eigenvalue weighted by atomic mass is 10.1. The number of rotatable bonds is 3. The van der Waals surface area contributed by atoms with Crippen LogP contribution in [0.2, 0.25) is 0 Å². The Morgan fingerprint density at radius 3 is 2.63 bits per heavy atom. The van der Waals surface area contributed by atoms with Crippen LogP contribution in [0.5, 0.6) is 0 Å². The van der Waals surface area contributed by atoms with Gasteiger partial charge in [-0.3, -0.25) is 0 Å². The number of allylic oxidation sites excluding steroid dienone is 1. The SMILES string of the molecule is Cc1cc(NC=C(C#N)c2nn[nH]n2)cc(C)c1Br. The first kappa shape index (κ1) is 13.2. The zero-order valence-electron chi connectivity index (χ0n) is 10.4. The maximum Gasteiger partial charge on any atom is 0.216 e. The summed E-state index contributed by atoms with van der Waals surface area (Å²) in [7, 11) is 0. The third kappa shape index (κ3) is 2.98.